The first-order valence-electron chi connectivity index (χ1n) is 6.85. The molecule has 0 aliphatic heterocycles. The van der Waals surface area contributed by atoms with E-state index in [2.05, 4.69) is 4.99 Å². The van der Waals surface area contributed by atoms with Crippen LogP contribution in [0.4, 0.5) is 8.63 Å². The van der Waals surface area contributed by atoms with E-state index in [9.17, 15) is 8.63 Å². The molecule has 0 N–H and O–H groups in total. The van der Waals surface area contributed by atoms with Gasteiger partial charge in [0.2, 0.25) is 0 Å². The van der Waals surface area contributed by atoms with Crippen LogP contribution in [-0.2, 0) is 0 Å². The number of allylic oxidation sites excluding steroid dienone is 1. The number of thioether (sulfide) groups is 1. The summed E-state index contributed by atoms with van der Waals surface area (Å²) in [6.45, 7) is 1.84. The lowest BCUT2D eigenvalue weighted by molar-refractivity contribution is 0.685. The highest BCUT2D eigenvalue weighted by Gasteiger charge is 2.25. The van der Waals surface area contributed by atoms with Gasteiger partial charge in [-0.05, 0) is 34.6 Å². The fraction of sp³-hybridized carbons (Fsp3) is 0.118. The van der Waals surface area contributed by atoms with Crippen molar-refractivity contribution in [1.82, 2.24) is 0 Å². The summed E-state index contributed by atoms with van der Waals surface area (Å²) in [6, 6.07) is 14.6. The minimum atomic E-state index is -2.53. The van der Waals surface area contributed by atoms with E-state index in [0.29, 0.717) is 11.1 Å². The highest BCUT2D eigenvalue weighted by molar-refractivity contribution is 8.14. The maximum Gasteiger partial charge on any atom is 0.573 e. The number of nitrogens with zero attached hydrogens (tertiary/aromatic N) is 1. The molecule has 2 rings (SSSR count). The quantitative estimate of drug-likeness (QED) is 0.441. The molecule has 5 heteroatoms. The van der Waals surface area contributed by atoms with E-state index < -0.39 is 7.27 Å². The molecule has 0 heterocycles. The Labute approximate surface area is 134 Å². The molecule has 22 heavy (non-hydrogen) atoms. The Bertz CT molecular complexity index is 684. The van der Waals surface area contributed by atoms with E-state index in [1.807, 2.05) is 48.7 Å². The van der Waals surface area contributed by atoms with Crippen molar-refractivity contribution in [3.63, 3.8) is 0 Å². The summed E-state index contributed by atoms with van der Waals surface area (Å²) in [4.78, 5) is 3.87. The van der Waals surface area contributed by atoms with Crippen LogP contribution < -0.4 is 5.46 Å². The fourth-order valence-corrected chi connectivity index (χ4v) is 2.78. The first kappa shape index (κ1) is 16.5. The number of hydrogen-bond acceptors (Lipinski definition) is 2. The summed E-state index contributed by atoms with van der Waals surface area (Å²) in [5.41, 5.74) is 4.51. The van der Waals surface area contributed by atoms with Crippen molar-refractivity contribution in [1.29, 1.82) is 0 Å². The zero-order valence-corrected chi connectivity index (χ0v) is 13.3. The van der Waals surface area contributed by atoms with Crippen LogP contribution in [0.25, 0.3) is 16.7 Å². The topological polar surface area (TPSA) is 12.4 Å². The van der Waals surface area contributed by atoms with Crippen molar-refractivity contribution in [2.45, 2.75) is 6.92 Å². The number of benzene rings is 2. The SMILES string of the molecule is CN=CS/C=C(\C)c1cccc(-c2ccccc2)c1B(F)F. The summed E-state index contributed by atoms with van der Waals surface area (Å²) in [5, 5.41) is 1.84. The average Bonchev–Trinajstić information content (AvgIpc) is 2.55. The number of aliphatic imine (C=N–C) groups is 1. The molecule has 0 aliphatic carbocycles. The van der Waals surface area contributed by atoms with Gasteiger partial charge in [-0.25, -0.2) is 0 Å². The summed E-state index contributed by atoms with van der Waals surface area (Å²) >= 11 is 1.38. The molecule has 1 nitrogen and oxygen atoms in total. The molecule has 112 valence electrons. The lowest BCUT2D eigenvalue weighted by atomic mass is 9.75. The van der Waals surface area contributed by atoms with Gasteiger partial charge in [-0.1, -0.05) is 60.3 Å². The first-order valence-corrected chi connectivity index (χ1v) is 7.79. The number of halogens is 2. The molecule has 0 fully saturated rings. The maximum absolute atomic E-state index is 13.7. The van der Waals surface area contributed by atoms with Crippen LogP contribution in [0.5, 0.6) is 0 Å². The van der Waals surface area contributed by atoms with Gasteiger partial charge >= 0.3 is 7.27 Å². The van der Waals surface area contributed by atoms with E-state index in [4.69, 9.17) is 0 Å². The van der Waals surface area contributed by atoms with Crippen LogP contribution in [0.3, 0.4) is 0 Å². The normalized spacial score (nSPS) is 11.9. The van der Waals surface area contributed by atoms with Crippen LogP contribution in [0.1, 0.15) is 12.5 Å². The molecule has 0 aromatic heterocycles. The van der Waals surface area contributed by atoms with Crippen LogP contribution in [0, 0.1) is 0 Å². The second-order valence-corrected chi connectivity index (χ2v) is 5.45. The van der Waals surface area contributed by atoms with Gasteiger partial charge < -0.3 is 0 Å². The molecule has 0 bridgehead atoms. The molecule has 2 aromatic carbocycles. The van der Waals surface area contributed by atoms with Gasteiger partial charge in [0.1, 0.15) is 0 Å². The zero-order chi connectivity index (χ0) is 15.9. The van der Waals surface area contributed by atoms with Crippen molar-refractivity contribution in [3.05, 3.63) is 59.5 Å². The summed E-state index contributed by atoms with van der Waals surface area (Å²) in [5.74, 6) is 0. The Balaban J connectivity index is 2.54. The Kier molecular flexibility index (Phi) is 5.96. The Hall–Kier alpha value is -1.88. The van der Waals surface area contributed by atoms with Crippen molar-refractivity contribution in [2.24, 2.45) is 4.99 Å². The highest BCUT2D eigenvalue weighted by atomic mass is 32.2. The molecule has 0 saturated heterocycles. The van der Waals surface area contributed by atoms with Crippen LogP contribution in [0.15, 0.2) is 58.9 Å². The minimum Gasteiger partial charge on any atom is -0.289 e. The third kappa shape index (κ3) is 3.86. The number of rotatable bonds is 5. The van der Waals surface area contributed by atoms with Crippen molar-refractivity contribution in [2.75, 3.05) is 7.05 Å². The standard InChI is InChI=1S/C17H16BF2NS/c1-13(11-22-12-21-2)15-9-6-10-16(17(15)18(19)20)14-7-4-3-5-8-14/h3-12H,1-2H3/b13-11+,21-12?. The number of hydrogen-bond donors (Lipinski definition) is 0. The summed E-state index contributed by atoms with van der Waals surface area (Å²) in [7, 11) is -0.851. The summed E-state index contributed by atoms with van der Waals surface area (Å²) in [6.07, 6.45) is 0. The van der Waals surface area contributed by atoms with Gasteiger partial charge in [-0.2, -0.15) is 0 Å². The second-order valence-electron chi connectivity index (χ2n) is 4.73. The monoisotopic (exact) mass is 315 g/mol. The molecule has 2 aromatic rings. The maximum atomic E-state index is 13.7. The van der Waals surface area contributed by atoms with E-state index >= 15 is 0 Å². The minimum absolute atomic E-state index is 0.0801. The summed E-state index contributed by atoms with van der Waals surface area (Å²) < 4.78 is 27.3. The van der Waals surface area contributed by atoms with Gasteiger partial charge in [-0.15, -0.1) is 0 Å². The fourth-order valence-electron chi connectivity index (χ4n) is 2.27. The Morgan fingerprint density at radius 1 is 1.09 bits per heavy atom. The lowest BCUT2D eigenvalue weighted by Gasteiger charge is -2.13. The largest absolute Gasteiger partial charge is 0.573 e. The Morgan fingerprint density at radius 3 is 2.45 bits per heavy atom. The second kappa shape index (κ2) is 7.94. The van der Waals surface area contributed by atoms with Crippen LogP contribution in [-0.4, -0.2) is 19.9 Å². The van der Waals surface area contributed by atoms with E-state index in [1.54, 1.807) is 24.7 Å². The van der Waals surface area contributed by atoms with Crippen LogP contribution >= 0.6 is 11.8 Å². The third-order valence-electron chi connectivity index (χ3n) is 3.25. The van der Waals surface area contributed by atoms with Gasteiger partial charge in [0.25, 0.3) is 0 Å². The molecule has 0 aliphatic rings. The molecular formula is C17H16BF2NS. The molecule has 0 saturated carbocycles. The van der Waals surface area contributed by atoms with Crippen molar-refractivity contribution < 1.29 is 8.63 Å². The predicted octanol–water partition coefficient (Wildman–Crippen LogP) is 4.74. The van der Waals surface area contributed by atoms with Crippen LogP contribution in [0.2, 0.25) is 0 Å². The molecule has 0 radical (unpaired) electrons. The molecule has 0 atom stereocenters. The zero-order valence-electron chi connectivity index (χ0n) is 12.5. The van der Waals surface area contributed by atoms with Gasteiger partial charge in [-0.3, -0.25) is 13.6 Å². The first-order chi connectivity index (χ1) is 10.6. The van der Waals surface area contributed by atoms with Crippen molar-refractivity contribution >= 4 is 35.6 Å². The third-order valence-corrected chi connectivity index (χ3v) is 4.07. The van der Waals surface area contributed by atoms with E-state index in [0.717, 1.165) is 11.1 Å². The Morgan fingerprint density at radius 2 is 1.82 bits per heavy atom. The molecule has 0 spiro atoms. The predicted molar refractivity (Wildman–Crippen MR) is 95.1 cm³/mol. The van der Waals surface area contributed by atoms with E-state index in [-0.39, 0.29) is 5.46 Å². The highest BCUT2D eigenvalue weighted by Crippen LogP contribution is 2.24. The van der Waals surface area contributed by atoms with Gasteiger partial charge in [0.15, 0.2) is 0 Å². The van der Waals surface area contributed by atoms with Crippen molar-refractivity contribution in [3.8, 4) is 11.1 Å². The smallest absolute Gasteiger partial charge is 0.289 e. The molecule has 0 unspecified atom stereocenters. The lowest BCUT2D eigenvalue weighted by Crippen LogP contribution is -2.26. The van der Waals surface area contributed by atoms with Gasteiger partial charge in [0, 0.05) is 12.5 Å². The average molecular weight is 315 g/mol. The van der Waals surface area contributed by atoms with E-state index in [1.165, 1.54) is 11.8 Å². The molecular weight excluding hydrogens is 299 g/mol. The molecule has 0 amide bonds. The van der Waals surface area contributed by atoms with Gasteiger partial charge in [0.05, 0.1) is 5.55 Å².